The maximum Gasteiger partial charge on any atom is 0.293 e. The second-order valence-corrected chi connectivity index (χ2v) is 10.2. The van der Waals surface area contributed by atoms with Gasteiger partial charge in [0.25, 0.3) is 17.2 Å². The Kier molecular flexibility index (Phi) is 7.39. The zero-order valence-electron chi connectivity index (χ0n) is 20.5. The molecule has 192 valence electrons. The lowest BCUT2D eigenvalue weighted by molar-refractivity contribution is 0.0879. The molecule has 4 aromatic rings. The molecule has 5 rings (SSSR count). The van der Waals surface area contributed by atoms with Gasteiger partial charge in [-0.25, -0.2) is 4.98 Å². The lowest BCUT2D eigenvalue weighted by atomic mass is 9.87. The molecule has 37 heavy (non-hydrogen) atoms. The van der Waals surface area contributed by atoms with Gasteiger partial charge in [-0.05, 0) is 43.7 Å². The number of aromatic nitrogens is 4. The number of H-pyrrole nitrogens is 1. The first-order valence-corrected chi connectivity index (χ1v) is 13.1. The molecule has 1 fully saturated rings. The summed E-state index contributed by atoms with van der Waals surface area (Å²) in [7, 11) is 0. The molecule has 0 unspecified atom stereocenters. The van der Waals surface area contributed by atoms with Crippen LogP contribution in [0.4, 0.5) is 0 Å². The zero-order valence-corrected chi connectivity index (χ0v) is 21.3. The van der Waals surface area contributed by atoms with Gasteiger partial charge in [0.15, 0.2) is 5.82 Å². The van der Waals surface area contributed by atoms with Crippen LogP contribution in [0.3, 0.4) is 0 Å². The van der Waals surface area contributed by atoms with Crippen molar-refractivity contribution in [2.75, 3.05) is 13.2 Å². The topological polar surface area (TPSA) is 112 Å². The van der Waals surface area contributed by atoms with Crippen LogP contribution in [0.15, 0.2) is 59.4 Å². The minimum Gasteiger partial charge on any atom is -0.396 e. The van der Waals surface area contributed by atoms with E-state index in [4.69, 9.17) is 11.6 Å². The number of nitrogens with zero attached hydrogens (tertiary/aromatic N) is 3. The Labute approximate surface area is 219 Å². The van der Waals surface area contributed by atoms with E-state index in [2.05, 4.69) is 20.4 Å². The molecule has 0 saturated heterocycles. The Morgan fingerprint density at radius 2 is 1.78 bits per heavy atom. The molecule has 0 aliphatic heterocycles. The smallest absolute Gasteiger partial charge is 0.293 e. The van der Waals surface area contributed by atoms with Crippen molar-refractivity contribution in [1.29, 1.82) is 0 Å². The number of aliphatic hydroxyl groups is 1. The number of hydrogen-bond donors (Lipinski definition) is 3. The number of hydrogen-bond acceptors (Lipinski definition) is 5. The van der Waals surface area contributed by atoms with Crippen LogP contribution in [0.5, 0.6) is 0 Å². The highest BCUT2D eigenvalue weighted by Crippen LogP contribution is 2.37. The number of aromatic amines is 1. The zero-order chi connectivity index (χ0) is 25.8. The van der Waals surface area contributed by atoms with Gasteiger partial charge in [-0.1, -0.05) is 73.0 Å². The van der Waals surface area contributed by atoms with Crippen molar-refractivity contribution >= 4 is 23.3 Å². The largest absolute Gasteiger partial charge is 0.396 e. The second kappa shape index (κ2) is 10.9. The molecule has 2 heterocycles. The maximum atomic E-state index is 13.0. The van der Waals surface area contributed by atoms with Gasteiger partial charge in [0.05, 0.1) is 12.3 Å². The molecule has 1 aliphatic rings. The van der Waals surface area contributed by atoms with Gasteiger partial charge < -0.3 is 10.4 Å². The minimum absolute atomic E-state index is 0.0673. The third kappa shape index (κ3) is 5.31. The Morgan fingerprint density at radius 3 is 2.54 bits per heavy atom. The van der Waals surface area contributed by atoms with Crippen molar-refractivity contribution in [3.8, 4) is 11.4 Å². The van der Waals surface area contributed by atoms with Crippen LogP contribution in [0.2, 0.25) is 5.02 Å². The highest BCUT2D eigenvalue weighted by Gasteiger charge is 2.33. The average molecular weight is 520 g/mol. The summed E-state index contributed by atoms with van der Waals surface area (Å²) in [5.41, 5.74) is 2.30. The summed E-state index contributed by atoms with van der Waals surface area (Å²) in [6, 6.07) is 17.0. The first-order valence-electron chi connectivity index (χ1n) is 12.7. The Bertz CT molecular complexity index is 1460. The normalized spacial score (nSPS) is 14.8. The molecular formula is C28H30ClN5O3. The van der Waals surface area contributed by atoms with Crippen LogP contribution >= 0.6 is 11.6 Å². The SMILES string of the molecule is O=C(NCC1(CO)CCCC1)c1ccccc1CCCc1nc2nc(-c3ccccc3)[nH]n2c(=O)c1Cl. The van der Waals surface area contributed by atoms with Crippen LogP contribution in [0.1, 0.15) is 53.7 Å². The molecule has 9 heteroatoms. The molecule has 1 amide bonds. The first-order chi connectivity index (χ1) is 18.0. The summed E-state index contributed by atoms with van der Waals surface area (Å²) in [5.74, 6) is 0.683. The van der Waals surface area contributed by atoms with Crippen molar-refractivity contribution in [2.45, 2.75) is 44.9 Å². The highest BCUT2D eigenvalue weighted by molar-refractivity contribution is 6.31. The highest BCUT2D eigenvalue weighted by atomic mass is 35.5. The Morgan fingerprint density at radius 1 is 1.05 bits per heavy atom. The molecular weight excluding hydrogens is 490 g/mol. The molecule has 0 radical (unpaired) electrons. The summed E-state index contributed by atoms with van der Waals surface area (Å²) in [4.78, 5) is 34.9. The summed E-state index contributed by atoms with van der Waals surface area (Å²) in [6.45, 7) is 0.574. The number of amides is 1. The van der Waals surface area contributed by atoms with Gasteiger partial charge in [0.1, 0.15) is 5.02 Å². The van der Waals surface area contributed by atoms with Crippen molar-refractivity contribution in [1.82, 2.24) is 24.9 Å². The molecule has 0 bridgehead atoms. The third-order valence-corrected chi connectivity index (χ3v) is 7.68. The summed E-state index contributed by atoms with van der Waals surface area (Å²) < 4.78 is 1.26. The van der Waals surface area contributed by atoms with Crippen LogP contribution < -0.4 is 10.9 Å². The van der Waals surface area contributed by atoms with E-state index in [-0.39, 0.29) is 34.3 Å². The third-order valence-electron chi connectivity index (χ3n) is 7.30. The van der Waals surface area contributed by atoms with E-state index in [1.54, 1.807) is 0 Å². The van der Waals surface area contributed by atoms with E-state index >= 15 is 0 Å². The van der Waals surface area contributed by atoms with Crippen LogP contribution in [-0.2, 0) is 12.8 Å². The van der Waals surface area contributed by atoms with E-state index in [9.17, 15) is 14.7 Å². The minimum atomic E-state index is -0.388. The molecule has 2 aromatic carbocycles. The number of benzene rings is 2. The lowest BCUT2D eigenvalue weighted by Crippen LogP contribution is -2.38. The summed E-state index contributed by atoms with van der Waals surface area (Å²) in [6.07, 6.45) is 5.81. The van der Waals surface area contributed by atoms with Gasteiger partial charge in [-0.3, -0.25) is 14.7 Å². The number of aliphatic hydroxyl groups excluding tert-OH is 1. The van der Waals surface area contributed by atoms with Gasteiger partial charge in [-0.2, -0.15) is 9.50 Å². The Balaban J connectivity index is 1.28. The van der Waals surface area contributed by atoms with Crippen molar-refractivity contribution in [2.24, 2.45) is 5.41 Å². The molecule has 1 aliphatic carbocycles. The molecule has 2 aromatic heterocycles. The van der Waals surface area contributed by atoms with E-state index < -0.39 is 0 Å². The molecule has 0 atom stereocenters. The van der Waals surface area contributed by atoms with Gasteiger partial charge >= 0.3 is 0 Å². The number of halogens is 1. The molecule has 3 N–H and O–H groups in total. The predicted octanol–water partition coefficient (Wildman–Crippen LogP) is 4.20. The molecule has 1 saturated carbocycles. The van der Waals surface area contributed by atoms with Crippen LogP contribution in [-0.4, -0.2) is 43.7 Å². The van der Waals surface area contributed by atoms with Gasteiger partial charge in [-0.15, -0.1) is 0 Å². The van der Waals surface area contributed by atoms with Gasteiger partial charge in [0, 0.05) is 23.1 Å². The van der Waals surface area contributed by atoms with Crippen molar-refractivity contribution in [3.63, 3.8) is 0 Å². The van der Waals surface area contributed by atoms with Crippen molar-refractivity contribution < 1.29 is 9.90 Å². The van der Waals surface area contributed by atoms with E-state index in [0.29, 0.717) is 42.9 Å². The maximum absolute atomic E-state index is 13.0. The predicted molar refractivity (Wildman–Crippen MR) is 143 cm³/mol. The Hall–Kier alpha value is -3.49. The lowest BCUT2D eigenvalue weighted by Gasteiger charge is -2.26. The summed E-state index contributed by atoms with van der Waals surface area (Å²) >= 11 is 6.39. The first kappa shape index (κ1) is 25.2. The number of carbonyl (C=O) groups is 1. The second-order valence-electron chi connectivity index (χ2n) is 9.81. The van der Waals surface area contributed by atoms with Gasteiger partial charge in [0.2, 0.25) is 0 Å². The number of carbonyl (C=O) groups excluding carboxylic acids is 1. The fourth-order valence-electron chi connectivity index (χ4n) is 5.11. The quantitative estimate of drug-likeness (QED) is 0.307. The van der Waals surface area contributed by atoms with E-state index in [0.717, 1.165) is 36.8 Å². The number of nitrogens with one attached hydrogen (secondary N) is 2. The number of aryl methyl sites for hydroxylation is 2. The van der Waals surface area contributed by atoms with Crippen LogP contribution in [0.25, 0.3) is 17.2 Å². The number of rotatable bonds is 9. The monoisotopic (exact) mass is 519 g/mol. The fraction of sp³-hybridized carbons (Fsp3) is 0.357. The fourth-order valence-corrected chi connectivity index (χ4v) is 5.34. The van der Waals surface area contributed by atoms with Crippen molar-refractivity contribution in [3.05, 3.63) is 86.8 Å². The average Bonchev–Trinajstić information content (AvgIpc) is 3.59. The summed E-state index contributed by atoms with van der Waals surface area (Å²) in [5, 5.41) is 15.9. The van der Waals surface area contributed by atoms with E-state index in [1.165, 1.54) is 4.52 Å². The standard InChI is InChI=1S/C28H30ClN5O3/c29-23-22(31-27-32-24(33-34(27)26(23)37)20-10-2-1-3-11-20)14-8-12-19-9-4-5-13-21(19)25(36)30-17-28(18-35)15-6-7-16-28/h1-5,9-11,13,35H,6-8,12,14-18H2,(H,30,36)(H,31,32,33). The molecule has 0 spiro atoms. The molecule has 8 nitrogen and oxygen atoms in total. The van der Waals surface area contributed by atoms with Crippen LogP contribution in [0, 0.1) is 5.41 Å². The number of fused-ring (bicyclic) bond motifs is 1. The van der Waals surface area contributed by atoms with E-state index in [1.807, 2.05) is 54.6 Å².